The number of halogens is 1. The van der Waals surface area contributed by atoms with E-state index in [1.54, 1.807) is 26.2 Å². The Morgan fingerprint density at radius 2 is 2.00 bits per heavy atom. The number of benzene rings is 2. The van der Waals surface area contributed by atoms with Crippen molar-refractivity contribution in [2.24, 2.45) is 0 Å². The van der Waals surface area contributed by atoms with Gasteiger partial charge in [0.25, 0.3) is 0 Å². The molecular weight excluding hydrogens is 391 g/mol. The molecule has 0 saturated carbocycles. The Balaban J connectivity index is 1.72. The molecule has 3 rings (SSSR count). The lowest BCUT2D eigenvalue weighted by Gasteiger charge is -2.14. The van der Waals surface area contributed by atoms with Crippen LogP contribution in [0.15, 0.2) is 59.8 Å². The number of ether oxygens (including phenoxy) is 1. The molecule has 0 unspecified atom stereocenters. The van der Waals surface area contributed by atoms with E-state index in [0.717, 1.165) is 11.4 Å². The maximum absolute atomic E-state index is 13.3. The van der Waals surface area contributed by atoms with E-state index in [0.29, 0.717) is 30.4 Å². The predicted molar refractivity (Wildman–Crippen MR) is 111 cm³/mol. The highest BCUT2D eigenvalue weighted by atomic mass is 32.2. The quantitative estimate of drug-likeness (QED) is 0.540. The Hall–Kier alpha value is -2.71. The largest absolute Gasteiger partial charge is 0.383 e. The van der Waals surface area contributed by atoms with Gasteiger partial charge in [0, 0.05) is 25.8 Å². The Kier molecular flexibility index (Phi) is 7.37. The highest BCUT2D eigenvalue weighted by molar-refractivity contribution is 8.00. The Morgan fingerprint density at radius 1 is 1.21 bits per heavy atom. The van der Waals surface area contributed by atoms with Gasteiger partial charge in [-0.25, -0.2) is 4.39 Å². The molecule has 0 bridgehead atoms. The Bertz CT molecular complexity index is 949. The van der Waals surface area contributed by atoms with Crippen LogP contribution in [0, 0.1) is 5.82 Å². The van der Waals surface area contributed by atoms with Gasteiger partial charge in [0.2, 0.25) is 5.91 Å². The van der Waals surface area contributed by atoms with Crippen LogP contribution in [0.3, 0.4) is 0 Å². The average molecular weight is 415 g/mol. The van der Waals surface area contributed by atoms with Crippen molar-refractivity contribution in [1.82, 2.24) is 14.8 Å². The molecule has 0 aliphatic rings. The van der Waals surface area contributed by atoms with Crippen LogP contribution in [0.4, 0.5) is 10.1 Å². The van der Waals surface area contributed by atoms with E-state index in [9.17, 15) is 9.18 Å². The fraction of sp³-hybridized carbons (Fsp3) is 0.286. The minimum atomic E-state index is -0.437. The maximum atomic E-state index is 13.3. The van der Waals surface area contributed by atoms with Crippen molar-refractivity contribution in [2.45, 2.75) is 30.3 Å². The number of hydrogen-bond donors (Lipinski definition) is 1. The Labute approximate surface area is 173 Å². The molecule has 0 fully saturated rings. The number of methoxy groups -OCH3 is 1. The van der Waals surface area contributed by atoms with Crippen molar-refractivity contribution in [3.05, 3.63) is 71.8 Å². The van der Waals surface area contributed by atoms with E-state index in [-0.39, 0.29) is 5.91 Å². The minimum Gasteiger partial charge on any atom is -0.383 e. The van der Waals surface area contributed by atoms with Gasteiger partial charge in [-0.3, -0.25) is 4.79 Å². The third kappa shape index (κ3) is 5.88. The molecule has 29 heavy (non-hydrogen) atoms. The molecule has 0 aliphatic carbocycles. The van der Waals surface area contributed by atoms with Crippen LogP contribution in [0.25, 0.3) is 0 Å². The second-order valence-electron chi connectivity index (χ2n) is 6.47. The van der Waals surface area contributed by atoms with Crippen molar-refractivity contribution < 1.29 is 13.9 Å². The molecule has 8 heteroatoms. The lowest BCUT2D eigenvalue weighted by Crippen LogP contribution is -2.23. The zero-order valence-electron chi connectivity index (χ0n) is 16.3. The van der Waals surface area contributed by atoms with Crippen molar-refractivity contribution in [3.63, 3.8) is 0 Å². The SMILES string of the molecule is COCCn1c(Cc2ccccc2)nnc1S[C@H](C)C(=O)Nc1cccc(F)c1. The summed E-state index contributed by atoms with van der Waals surface area (Å²) in [6, 6.07) is 15.8. The number of nitrogens with zero attached hydrogens (tertiary/aromatic N) is 3. The van der Waals surface area contributed by atoms with E-state index in [4.69, 9.17) is 4.74 Å². The maximum Gasteiger partial charge on any atom is 0.237 e. The molecule has 1 N–H and O–H groups in total. The monoisotopic (exact) mass is 414 g/mol. The van der Waals surface area contributed by atoms with E-state index in [1.807, 2.05) is 34.9 Å². The summed E-state index contributed by atoms with van der Waals surface area (Å²) in [5.74, 6) is 0.188. The molecule has 1 heterocycles. The molecular formula is C21H23FN4O2S. The van der Waals surface area contributed by atoms with Crippen molar-refractivity contribution in [2.75, 3.05) is 19.0 Å². The first kappa shape index (κ1) is 21.0. The highest BCUT2D eigenvalue weighted by Crippen LogP contribution is 2.24. The average Bonchev–Trinajstić information content (AvgIpc) is 3.08. The van der Waals surface area contributed by atoms with Gasteiger partial charge in [0.05, 0.1) is 11.9 Å². The Morgan fingerprint density at radius 3 is 2.72 bits per heavy atom. The second kappa shape index (κ2) is 10.2. The topological polar surface area (TPSA) is 69.0 Å². The van der Waals surface area contributed by atoms with Crippen molar-refractivity contribution >= 4 is 23.4 Å². The summed E-state index contributed by atoms with van der Waals surface area (Å²) in [6.45, 7) is 2.88. The van der Waals surface area contributed by atoms with Crippen LogP contribution in [0.1, 0.15) is 18.3 Å². The van der Waals surface area contributed by atoms with E-state index >= 15 is 0 Å². The van der Waals surface area contributed by atoms with E-state index in [2.05, 4.69) is 15.5 Å². The minimum absolute atomic E-state index is 0.230. The van der Waals surface area contributed by atoms with Gasteiger partial charge < -0.3 is 14.6 Å². The van der Waals surface area contributed by atoms with Gasteiger partial charge >= 0.3 is 0 Å². The summed E-state index contributed by atoms with van der Waals surface area (Å²) < 4.78 is 20.5. The van der Waals surface area contributed by atoms with Crippen LogP contribution < -0.4 is 5.32 Å². The second-order valence-corrected chi connectivity index (χ2v) is 7.77. The van der Waals surface area contributed by atoms with Crippen LogP contribution in [0.2, 0.25) is 0 Å². The van der Waals surface area contributed by atoms with Crippen LogP contribution >= 0.6 is 11.8 Å². The number of amides is 1. The predicted octanol–water partition coefficient (Wildman–Crippen LogP) is 3.77. The third-order valence-electron chi connectivity index (χ3n) is 4.26. The van der Waals surface area contributed by atoms with Crippen molar-refractivity contribution in [3.8, 4) is 0 Å². The number of carbonyl (C=O) groups excluding carboxylic acids is 1. The normalized spacial score (nSPS) is 12.0. The van der Waals surface area contributed by atoms with Gasteiger partial charge in [-0.1, -0.05) is 48.2 Å². The lowest BCUT2D eigenvalue weighted by molar-refractivity contribution is -0.115. The molecule has 152 valence electrons. The summed E-state index contributed by atoms with van der Waals surface area (Å²) in [6.07, 6.45) is 0.641. The smallest absolute Gasteiger partial charge is 0.237 e. The molecule has 0 spiro atoms. The number of nitrogens with one attached hydrogen (secondary N) is 1. The number of anilines is 1. The third-order valence-corrected chi connectivity index (χ3v) is 5.34. The molecule has 0 saturated heterocycles. The number of rotatable bonds is 9. The number of thioether (sulfide) groups is 1. The molecule has 1 aromatic heterocycles. The van der Waals surface area contributed by atoms with E-state index < -0.39 is 11.1 Å². The van der Waals surface area contributed by atoms with Gasteiger partial charge in [0.1, 0.15) is 11.6 Å². The standard InChI is InChI=1S/C21H23FN4O2S/c1-15(20(27)23-18-10-6-9-17(22)14-18)29-21-25-24-19(26(21)11-12-28-2)13-16-7-4-3-5-8-16/h3-10,14-15H,11-13H2,1-2H3,(H,23,27)/t15-/m1/s1. The molecule has 3 aromatic rings. The van der Waals surface area contributed by atoms with E-state index in [1.165, 1.54) is 23.9 Å². The summed E-state index contributed by atoms with van der Waals surface area (Å²) in [7, 11) is 1.64. The lowest BCUT2D eigenvalue weighted by atomic mass is 10.1. The summed E-state index contributed by atoms with van der Waals surface area (Å²) in [5.41, 5.74) is 1.56. The zero-order chi connectivity index (χ0) is 20.6. The molecule has 1 atom stereocenters. The number of hydrogen-bond acceptors (Lipinski definition) is 5. The molecule has 0 radical (unpaired) electrons. The fourth-order valence-corrected chi connectivity index (χ4v) is 3.64. The summed E-state index contributed by atoms with van der Waals surface area (Å²) in [4.78, 5) is 12.5. The van der Waals surface area contributed by atoms with Gasteiger partial charge in [-0.2, -0.15) is 0 Å². The molecule has 1 amide bonds. The van der Waals surface area contributed by atoms with Crippen LogP contribution in [-0.4, -0.2) is 39.6 Å². The summed E-state index contributed by atoms with van der Waals surface area (Å²) in [5, 5.41) is 11.6. The zero-order valence-corrected chi connectivity index (χ0v) is 17.2. The molecule has 2 aromatic carbocycles. The molecule has 0 aliphatic heterocycles. The number of aromatic nitrogens is 3. The first-order valence-electron chi connectivity index (χ1n) is 9.25. The van der Waals surface area contributed by atoms with Crippen molar-refractivity contribution in [1.29, 1.82) is 0 Å². The number of carbonyl (C=O) groups is 1. The molecule has 6 nitrogen and oxygen atoms in total. The first-order valence-corrected chi connectivity index (χ1v) is 10.1. The highest BCUT2D eigenvalue weighted by Gasteiger charge is 2.20. The van der Waals surface area contributed by atoms with Gasteiger partial charge in [0.15, 0.2) is 5.16 Å². The van der Waals surface area contributed by atoms with Crippen LogP contribution in [-0.2, 0) is 22.5 Å². The first-order chi connectivity index (χ1) is 14.1. The summed E-state index contributed by atoms with van der Waals surface area (Å²) >= 11 is 1.31. The van der Waals surface area contributed by atoms with Crippen LogP contribution in [0.5, 0.6) is 0 Å². The van der Waals surface area contributed by atoms with Gasteiger partial charge in [-0.15, -0.1) is 10.2 Å². The van der Waals surface area contributed by atoms with Gasteiger partial charge in [-0.05, 0) is 30.7 Å². The fourth-order valence-electron chi connectivity index (χ4n) is 2.74.